The van der Waals surface area contributed by atoms with Gasteiger partial charge in [-0.15, -0.1) is 0 Å². The van der Waals surface area contributed by atoms with Gasteiger partial charge in [0.05, 0.1) is 12.7 Å². The Morgan fingerprint density at radius 1 is 1.40 bits per heavy atom. The third-order valence-corrected chi connectivity index (χ3v) is 1.29. The Bertz CT molecular complexity index is 296. The molecule has 0 aliphatic heterocycles. The van der Waals surface area contributed by atoms with Crippen molar-refractivity contribution >= 4 is 12.4 Å². The van der Waals surface area contributed by atoms with E-state index in [9.17, 15) is 4.79 Å². The molecule has 1 rings (SSSR count). The van der Waals surface area contributed by atoms with E-state index in [1.165, 1.54) is 31.4 Å². The third-order valence-electron chi connectivity index (χ3n) is 1.29. The summed E-state index contributed by atoms with van der Waals surface area (Å²) in [4.78, 5) is 19.1. The molecule has 0 radical (unpaired) electrons. The Balaban J connectivity index is 0. The van der Waals surface area contributed by atoms with E-state index in [1.54, 1.807) is 0 Å². The van der Waals surface area contributed by atoms with Gasteiger partial charge in [-0.05, 0) is 24.3 Å². The predicted molar refractivity (Wildman–Crippen MR) is 45.5 cm³/mol. The summed E-state index contributed by atoms with van der Waals surface area (Å²) in [7, 11) is 1.31. The van der Waals surface area contributed by atoms with Crippen LogP contribution in [0.2, 0.25) is 0 Å². The van der Waals surface area contributed by atoms with Crippen LogP contribution in [-0.4, -0.2) is 24.7 Å². The first-order valence-corrected chi connectivity index (χ1v) is 3.58. The maximum absolute atomic E-state index is 10.8. The summed E-state index contributed by atoms with van der Waals surface area (Å²) >= 11 is 0. The first-order valence-electron chi connectivity index (χ1n) is 3.58. The molecule has 5 nitrogen and oxygen atoms in total. The minimum atomic E-state index is -0.500. The van der Waals surface area contributed by atoms with Crippen LogP contribution in [0.15, 0.2) is 24.3 Å². The molecular formula is C9H9NaO5. The van der Waals surface area contributed by atoms with Gasteiger partial charge in [0.15, 0.2) is 0 Å². The van der Waals surface area contributed by atoms with Gasteiger partial charge in [-0.2, -0.15) is 0 Å². The van der Waals surface area contributed by atoms with Crippen LogP contribution < -0.4 is 34.7 Å². The quantitative estimate of drug-likeness (QED) is 0.302. The maximum Gasteiger partial charge on any atom is 1.00 e. The molecule has 0 spiro atoms. The number of hydrogen-bond acceptors (Lipinski definition) is 5. The smallest absolute Gasteiger partial charge is 0.554 e. The van der Waals surface area contributed by atoms with Gasteiger partial charge < -0.3 is 19.7 Å². The van der Waals surface area contributed by atoms with Crippen molar-refractivity contribution in [2.24, 2.45) is 0 Å². The van der Waals surface area contributed by atoms with E-state index < -0.39 is 12.4 Å². The second-order valence-electron chi connectivity index (χ2n) is 2.13. The van der Waals surface area contributed by atoms with E-state index in [1.807, 2.05) is 0 Å². The first-order chi connectivity index (χ1) is 6.65. The van der Waals surface area contributed by atoms with Crippen LogP contribution in [0.5, 0.6) is 5.75 Å². The third kappa shape index (κ3) is 6.96. The number of methoxy groups -OCH3 is 1. The summed E-state index contributed by atoms with van der Waals surface area (Å²) in [5, 5.41) is 17.1. The fourth-order valence-electron chi connectivity index (χ4n) is 0.715. The topological polar surface area (TPSA) is 86.7 Å². The molecule has 1 aromatic carbocycles. The average molecular weight is 220 g/mol. The fourth-order valence-corrected chi connectivity index (χ4v) is 0.715. The van der Waals surface area contributed by atoms with E-state index in [0.717, 1.165) is 0 Å². The zero-order valence-electron chi connectivity index (χ0n) is 8.47. The fraction of sp³-hybridized carbons (Fsp3) is 0.111. The number of benzene rings is 1. The molecule has 0 amide bonds. The van der Waals surface area contributed by atoms with Gasteiger partial charge in [-0.3, -0.25) is 0 Å². The Hall–Kier alpha value is -1.04. The van der Waals surface area contributed by atoms with E-state index in [4.69, 9.17) is 15.0 Å². The number of hydrogen-bond donors (Lipinski definition) is 1. The summed E-state index contributed by atoms with van der Waals surface area (Å²) in [6.07, 6.45) is 0. The molecule has 0 saturated heterocycles. The number of rotatable bonds is 1. The average Bonchev–Trinajstić information content (AvgIpc) is 2.19. The van der Waals surface area contributed by atoms with E-state index in [2.05, 4.69) is 4.74 Å². The molecule has 0 atom stereocenters. The van der Waals surface area contributed by atoms with Gasteiger partial charge in [-0.25, -0.2) is 4.79 Å². The van der Waals surface area contributed by atoms with Gasteiger partial charge in [0.25, 0.3) is 0 Å². The summed E-state index contributed by atoms with van der Waals surface area (Å²) in [5.74, 6) is -0.261. The minimum absolute atomic E-state index is 0. The second kappa shape index (κ2) is 9.51. The van der Waals surface area contributed by atoms with Crippen LogP contribution in [0.4, 0.5) is 0 Å². The number of esters is 1. The largest absolute Gasteiger partial charge is 1.00 e. The number of aromatic hydroxyl groups is 1. The molecule has 0 aliphatic rings. The molecule has 76 valence electrons. The van der Waals surface area contributed by atoms with Crippen molar-refractivity contribution < 1.29 is 54.1 Å². The molecule has 1 N–H and O–H groups in total. The Labute approximate surface area is 109 Å². The molecule has 15 heavy (non-hydrogen) atoms. The van der Waals surface area contributed by atoms with Crippen molar-refractivity contribution in [3.05, 3.63) is 29.8 Å². The van der Waals surface area contributed by atoms with E-state index in [-0.39, 0.29) is 35.3 Å². The molecule has 0 heterocycles. The zero-order chi connectivity index (χ0) is 11.0. The van der Waals surface area contributed by atoms with Gasteiger partial charge in [-0.1, -0.05) is 0 Å². The van der Waals surface area contributed by atoms with E-state index >= 15 is 0 Å². The summed E-state index contributed by atoms with van der Waals surface area (Å²) < 4.78 is 4.46. The summed E-state index contributed by atoms with van der Waals surface area (Å²) in [5.41, 5.74) is 0.435. The number of phenols is 1. The molecule has 1 aromatic rings. The summed E-state index contributed by atoms with van der Waals surface area (Å²) in [6.45, 7) is -0.500. The van der Waals surface area contributed by atoms with Crippen LogP contribution in [0.3, 0.4) is 0 Å². The predicted octanol–water partition coefficient (Wildman–Crippen LogP) is -3.45. The molecule has 0 aromatic heterocycles. The van der Waals surface area contributed by atoms with Crippen LogP contribution in [0.25, 0.3) is 0 Å². The second-order valence-corrected chi connectivity index (χ2v) is 2.13. The van der Waals surface area contributed by atoms with Crippen molar-refractivity contribution in [3.8, 4) is 5.75 Å². The van der Waals surface area contributed by atoms with E-state index in [0.29, 0.717) is 5.56 Å². The van der Waals surface area contributed by atoms with Crippen molar-refractivity contribution in [1.29, 1.82) is 0 Å². The molecule has 0 saturated carbocycles. The molecule has 0 bridgehead atoms. The Kier molecular flexibility index (Phi) is 10.4. The van der Waals surface area contributed by atoms with Gasteiger partial charge in [0, 0.05) is 6.47 Å². The number of phenolic OH excluding ortho intramolecular Hbond substituents is 1. The Morgan fingerprint density at radius 3 is 2.13 bits per heavy atom. The normalized spacial score (nSPS) is 7.53. The number of carbonyl (C=O) groups excluding carboxylic acids is 2. The number of carbonyl (C=O) groups is 2. The molecule has 0 aliphatic carbocycles. The van der Waals surface area contributed by atoms with Crippen LogP contribution in [-0.2, 0) is 9.53 Å². The molecular weight excluding hydrogens is 211 g/mol. The van der Waals surface area contributed by atoms with Crippen LogP contribution >= 0.6 is 0 Å². The van der Waals surface area contributed by atoms with Crippen molar-refractivity contribution in [2.75, 3.05) is 7.11 Å². The molecule has 0 fully saturated rings. The van der Waals surface area contributed by atoms with Gasteiger partial charge in [0.1, 0.15) is 5.75 Å². The maximum atomic E-state index is 10.8. The van der Waals surface area contributed by atoms with Gasteiger partial charge >= 0.3 is 35.5 Å². The van der Waals surface area contributed by atoms with Crippen molar-refractivity contribution in [3.63, 3.8) is 0 Å². The van der Waals surface area contributed by atoms with Crippen molar-refractivity contribution in [1.82, 2.24) is 0 Å². The molecule has 6 heteroatoms. The van der Waals surface area contributed by atoms with Crippen LogP contribution in [0, 0.1) is 0 Å². The monoisotopic (exact) mass is 220 g/mol. The SMILES string of the molecule is COC(=O)c1ccc(O)cc1.O=C[O-].[Na+]. The zero-order valence-corrected chi connectivity index (χ0v) is 10.5. The minimum Gasteiger partial charge on any atom is -0.554 e. The van der Waals surface area contributed by atoms with Crippen molar-refractivity contribution in [2.45, 2.75) is 0 Å². The summed E-state index contributed by atoms with van der Waals surface area (Å²) in [6, 6.07) is 5.88. The number of ether oxygens (including phenoxy) is 1. The number of carboxylic acid groups (broad SMARTS) is 1. The first kappa shape index (κ1) is 16.4. The molecule has 0 unspecified atom stereocenters. The van der Waals surface area contributed by atoms with Gasteiger partial charge in [0.2, 0.25) is 0 Å². The Morgan fingerprint density at radius 2 is 1.80 bits per heavy atom. The standard InChI is InChI=1S/C8H8O3.CH2O2.Na/c1-11-8(10)6-2-4-7(9)5-3-6;2-1-3;/h2-5,9H,1H3;1H,(H,2,3);/q;;+1/p-1. The van der Waals surface area contributed by atoms with Crippen LogP contribution in [0.1, 0.15) is 10.4 Å².